The lowest BCUT2D eigenvalue weighted by Crippen LogP contribution is -2.19. The molecule has 1 amide bonds. The number of hydrogen-bond acceptors (Lipinski definition) is 6. The number of benzene rings is 1. The van der Waals surface area contributed by atoms with Crippen molar-refractivity contribution < 1.29 is 13.2 Å². The molecule has 4 N–H and O–H groups in total. The van der Waals surface area contributed by atoms with Crippen molar-refractivity contribution in [3.63, 3.8) is 0 Å². The molecule has 0 spiro atoms. The molecule has 0 saturated carbocycles. The van der Waals surface area contributed by atoms with E-state index in [0.717, 1.165) is 6.26 Å². The van der Waals surface area contributed by atoms with Gasteiger partial charge in [-0.15, -0.1) is 0 Å². The summed E-state index contributed by atoms with van der Waals surface area (Å²) in [7, 11) is -3.33. The van der Waals surface area contributed by atoms with E-state index < -0.39 is 15.7 Å². The molecule has 21 heavy (non-hydrogen) atoms. The van der Waals surface area contributed by atoms with E-state index in [1.807, 2.05) is 0 Å². The van der Waals surface area contributed by atoms with Crippen LogP contribution in [0.4, 0.5) is 0 Å². The number of hydrogen-bond donors (Lipinski definition) is 2. The van der Waals surface area contributed by atoms with Gasteiger partial charge in [-0.2, -0.15) is 0 Å². The van der Waals surface area contributed by atoms with Crippen molar-refractivity contribution in [3.05, 3.63) is 41.9 Å². The molecular weight excluding hydrogens is 292 g/mol. The Morgan fingerprint density at radius 3 is 2.62 bits per heavy atom. The van der Waals surface area contributed by atoms with Crippen molar-refractivity contribution in [2.75, 3.05) is 6.26 Å². The molecule has 8 heteroatoms. The minimum atomic E-state index is -3.33. The lowest BCUT2D eigenvalue weighted by atomic mass is 10.1. The van der Waals surface area contributed by atoms with Crippen molar-refractivity contribution in [1.82, 2.24) is 9.97 Å². The van der Waals surface area contributed by atoms with Gasteiger partial charge in [0.1, 0.15) is 0 Å². The Morgan fingerprint density at radius 2 is 2.05 bits per heavy atom. The molecular formula is C13H14N4O3S. The Kier molecular flexibility index (Phi) is 4.01. The smallest absolute Gasteiger partial charge is 0.269 e. The standard InChI is InChI=1S/C13H14N4O3S/c1-21(19,20)9-4-2-3-8(5-9)11-7-16-10(6-14)12(17-11)13(15)18/h2-5,7H,6,14H2,1H3,(H2,15,18). The predicted molar refractivity (Wildman–Crippen MR) is 77.0 cm³/mol. The van der Waals surface area contributed by atoms with Gasteiger partial charge in [0, 0.05) is 18.4 Å². The predicted octanol–water partition coefficient (Wildman–Crippen LogP) is 0.105. The molecule has 2 rings (SSSR count). The van der Waals surface area contributed by atoms with E-state index in [1.165, 1.54) is 18.3 Å². The lowest BCUT2D eigenvalue weighted by Gasteiger charge is -2.07. The van der Waals surface area contributed by atoms with Crippen LogP contribution in [0.1, 0.15) is 16.2 Å². The van der Waals surface area contributed by atoms with Gasteiger partial charge in [-0.1, -0.05) is 12.1 Å². The van der Waals surface area contributed by atoms with Gasteiger partial charge >= 0.3 is 0 Å². The first-order chi connectivity index (χ1) is 9.82. The highest BCUT2D eigenvalue weighted by molar-refractivity contribution is 7.90. The Hall–Kier alpha value is -2.32. The molecule has 0 saturated heterocycles. The molecule has 0 aliphatic carbocycles. The van der Waals surface area contributed by atoms with Gasteiger partial charge in [0.25, 0.3) is 5.91 Å². The first-order valence-electron chi connectivity index (χ1n) is 5.99. The van der Waals surface area contributed by atoms with Crippen LogP contribution in [0.25, 0.3) is 11.3 Å². The number of carbonyl (C=O) groups excluding carboxylic acids is 1. The van der Waals surface area contributed by atoms with E-state index in [0.29, 0.717) is 17.0 Å². The Morgan fingerprint density at radius 1 is 1.33 bits per heavy atom. The number of aromatic nitrogens is 2. The number of amides is 1. The van der Waals surface area contributed by atoms with Crippen molar-refractivity contribution in [3.8, 4) is 11.3 Å². The van der Waals surface area contributed by atoms with Crippen molar-refractivity contribution >= 4 is 15.7 Å². The minimum Gasteiger partial charge on any atom is -0.364 e. The Bertz CT molecular complexity index is 803. The highest BCUT2D eigenvalue weighted by atomic mass is 32.2. The van der Waals surface area contributed by atoms with Crippen LogP contribution >= 0.6 is 0 Å². The molecule has 1 heterocycles. The number of rotatable bonds is 4. The number of nitrogens with two attached hydrogens (primary N) is 2. The molecule has 2 aromatic rings. The molecule has 0 bridgehead atoms. The van der Waals surface area contributed by atoms with E-state index in [4.69, 9.17) is 11.5 Å². The second-order valence-electron chi connectivity index (χ2n) is 4.42. The van der Waals surface area contributed by atoms with Crippen LogP contribution in [0.15, 0.2) is 35.4 Å². The lowest BCUT2D eigenvalue weighted by molar-refractivity contribution is 0.0994. The molecule has 1 aromatic carbocycles. The normalized spacial score (nSPS) is 11.3. The average molecular weight is 306 g/mol. The second kappa shape index (κ2) is 5.58. The fourth-order valence-corrected chi connectivity index (χ4v) is 2.45. The molecule has 0 radical (unpaired) electrons. The summed E-state index contributed by atoms with van der Waals surface area (Å²) in [5.74, 6) is -0.732. The molecule has 7 nitrogen and oxygen atoms in total. The van der Waals surface area contributed by atoms with Crippen LogP contribution in [0, 0.1) is 0 Å². The third kappa shape index (κ3) is 3.23. The molecule has 0 fully saturated rings. The summed E-state index contributed by atoms with van der Waals surface area (Å²) in [4.78, 5) is 19.7. The zero-order chi connectivity index (χ0) is 15.6. The van der Waals surface area contributed by atoms with Gasteiger partial charge in [0.2, 0.25) is 0 Å². The van der Waals surface area contributed by atoms with E-state index in [-0.39, 0.29) is 17.1 Å². The van der Waals surface area contributed by atoms with Crippen molar-refractivity contribution in [2.24, 2.45) is 11.5 Å². The number of carbonyl (C=O) groups is 1. The zero-order valence-corrected chi connectivity index (χ0v) is 12.1. The van der Waals surface area contributed by atoms with E-state index in [1.54, 1.807) is 12.1 Å². The quantitative estimate of drug-likeness (QED) is 0.824. The largest absolute Gasteiger partial charge is 0.364 e. The SMILES string of the molecule is CS(=O)(=O)c1cccc(-c2cnc(CN)c(C(N)=O)n2)c1. The van der Waals surface area contributed by atoms with Crippen LogP contribution in [0.3, 0.4) is 0 Å². The van der Waals surface area contributed by atoms with Gasteiger partial charge < -0.3 is 11.5 Å². The fraction of sp³-hybridized carbons (Fsp3) is 0.154. The van der Waals surface area contributed by atoms with Gasteiger partial charge in [-0.3, -0.25) is 9.78 Å². The second-order valence-corrected chi connectivity index (χ2v) is 6.43. The van der Waals surface area contributed by atoms with Gasteiger partial charge in [0.15, 0.2) is 15.5 Å². The summed E-state index contributed by atoms with van der Waals surface area (Å²) in [6.45, 7) is 0.0366. The number of sulfone groups is 1. The Balaban J connectivity index is 2.57. The summed E-state index contributed by atoms with van der Waals surface area (Å²) in [6.07, 6.45) is 2.54. The number of primary amides is 1. The highest BCUT2D eigenvalue weighted by Crippen LogP contribution is 2.21. The topological polar surface area (TPSA) is 129 Å². The maximum absolute atomic E-state index is 11.6. The van der Waals surface area contributed by atoms with Gasteiger partial charge in [-0.25, -0.2) is 13.4 Å². The summed E-state index contributed by atoms with van der Waals surface area (Å²) in [6, 6.07) is 6.21. The van der Waals surface area contributed by atoms with Crippen LogP contribution in [0.2, 0.25) is 0 Å². The summed E-state index contributed by atoms with van der Waals surface area (Å²) < 4.78 is 23.1. The summed E-state index contributed by atoms with van der Waals surface area (Å²) >= 11 is 0. The maximum Gasteiger partial charge on any atom is 0.269 e. The van der Waals surface area contributed by atoms with Crippen LogP contribution in [0.5, 0.6) is 0 Å². The van der Waals surface area contributed by atoms with Gasteiger partial charge in [-0.05, 0) is 12.1 Å². The molecule has 0 aliphatic heterocycles. The summed E-state index contributed by atoms with van der Waals surface area (Å²) in [5, 5.41) is 0. The average Bonchev–Trinajstić information content (AvgIpc) is 2.45. The molecule has 0 aliphatic rings. The summed E-state index contributed by atoms with van der Waals surface area (Å²) in [5.41, 5.74) is 11.9. The van der Waals surface area contributed by atoms with Crippen molar-refractivity contribution in [1.29, 1.82) is 0 Å². The molecule has 0 atom stereocenters. The molecule has 1 aromatic heterocycles. The third-order valence-electron chi connectivity index (χ3n) is 2.83. The highest BCUT2D eigenvalue weighted by Gasteiger charge is 2.14. The Labute approximate surface area is 121 Å². The zero-order valence-electron chi connectivity index (χ0n) is 11.3. The van der Waals surface area contributed by atoms with E-state index in [9.17, 15) is 13.2 Å². The maximum atomic E-state index is 11.6. The van der Waals surface area contributed by atoms with Crippen LogP contribution in [-0.2, 0) is 16.4 Å². The number of nitrogens with zero attached hydrogens (tertiary/aromatic N) is 2. The van der Waals surface area contributed by atoms with E-state index in [2.05, 4.69) is 9.97 Å². The first-order valence-corrected chi connectivity index (χ1v) is 7.88. The van der Waals surface area contributed by atoms with Crippen LogP contribution < -0.4 is 11.5 Å². The van der Waals surface area contributed by atoms with Crippen LogP contribution in [-0.4, -0.2) is 30.5 Å². The minimum absolute atomic E-state index is 0.0141. The molecule has 0 unspecified atom stereocenters. The fourth-order valence-electron chi connectivity index (χ4n) is 1.79. The first kappa shape index (κ1) is 15.1. The van der Waals surface area contributed by atoms with E-state index >= 15 is 0 Å². The monoisotopic (exact) mass is 306 g/mol. The molecule has 110 valence electrons. The third-order valence-corrected chi connectivity index (χ3v) is 3.94. The van der Waals surface area contributed by atoms with Gasteiger partial charge in [0.05, 0.1) is 22.5 Å². The van der Waals surface area contributed by atoms with Crippen molar-refractivity contribution in [2.45, 2.75) is 11.4 Å².